The summed E-state index contributed by atoms with van der Waals surface area (Å²) < 4.78 is 40.8. The van der Waals surface area contributed by atoms with E-state index in [1.165, 1.54) is 22.5 Å². The van der Waals surface area contributed by atoms with Crippen LogP contribution in [0.25, 0.3) is 10.9 Å². The second kappa shape index (κ2) is 5.83. The topological polar surface area (TPSA) is 53.2 Å². The Labute approximate surface area is 150 Å². The van der Waals surface area contributed by atoms with Crippen LogP contribution < -0.4 is 0 Å². The van der Waals surface area contributed by atoms with Gasteiger partial charge in [0.2, 0.25) is 10.0 Å². The number of sulfonamides is 1. The number of aromatic amines is 1. The lowest BCUT2D eigenvalue weighted by Crippen LogP contribution is -2.36. The average molecular weight is 379 g/mol. The minimum absolute atomic E-state index is 0.153. The van der Waals surface area contributed by atoms with E-state index in [2.05, 4.69) is 4.98 Å². The van der Waals surface area contributed by atoms with E-state index in [0.29, 0.717) is 23.6 Å². The summed E-state index contributed by atoms with van der Waals surface area (Å²) in [5.41, 5.74) is 3.34. The number of hydrogen-bond acceptors (Lipinski definition) is 2. The molecule has 0 fully saturated rings. The van der Waals surface area contributed by atoms with Crippen molar-refractivity contribution in [3.8, 4) is 0 Å². The van der Waals surface area contributed by atoms with E-state index >= 15 is 0 Å². The van der Waals surface area contributed by atoms with Crippen LogP contribution in [0.2, 0.25) is 5.02 Å². The summed E-state index contributed by atoms with van der Waals surface area (Å²) in [4.78, 5) is 3.48. The van der Waals surface area contributed by atoms with E-state index in [1.807, 2.05) is 12.1 Å². The molecule has 2 aromatic carbocycles. The quantitative estimate of drug-likeness (QED) is 0.732. The molecule has 0 amide bonds. The van der Waals surface area contributed by atoms with Gasteiger partial charge in [0.1, 0.15) is 5.82 Å². The molecule has 1 aliphatic rings. The average Bonchev–Trinajstić information content (AvgIpc) is 2.90. The molecule has 0 atom stereocenters. The minimum Gasteiger partial charge on any atom is -0.358 e. The lowest BCUT2D eigenvalue weighted by molar-refractivity contribution is 0.391. The standard InChI is InChI=1S/C18H16ClFN2O2S/c1-11-8-13(20)3-5-18(11)25(23,24)22-7-6-16-15(10-22)14-4-2-12(19)9-17(14)21-16/h2-5,8-9,21H,6-7,10H2,1H3. The Morgan fingerprint density at radius 1 is 1.20 bits per heavy atom. The number of halogens is 2. The molecule has 0 spiro atoms. The molecule has 130 valence electrons. The number of aromatic nitrogens is 1. The van der Waals surface area contributed by atoms with Crippen LogP contribution in [-0.4, -0.2) is 24.3 Å². The summed E-state index contributed by atoms with van der Waals surface area (Å²) in [6, 6.07) is 9.32. The van der Waals surface area contributed by atoms with Crippen molar-refractivity contribution in [2.75, 3.05) is 6.54 Å². The fourth-order valence-electron chi connectivity index (χ4n) is 3.42. The van der Waals surface area contributed by atoms with Crippen LogP contribution in [0.1, 0.15) is 16.8 Å². The van der Waals surface area contributed by atoms with Gasteiger partial charge in [0.05, 0.1) is 4.90 Å². The van der Waals surface area contributed by atoms with Gasteiger partial charge in [-0.25, -0.2) is 12.8 Å². The van der Waals surface area contributed by atoms with Crippen molar-refractivity contribution in [2.45, 2.75) is 24.8 Å². The molecule has 4 rings (SSSR count). The molecule has 0 unspecified atom stereocenters. The van der Waals surface area contributed by atoms with Gasteiger partial charge < -0.3 is 4.98 Å². The lowest BCUT2D eigenvalue weighted by Gasteiger charge is -2.27. The van der Waals surface area contributed by atoms with Crippen LogP contribution in [0.5, 0.6) is 0 Å². The number of fused-ring (bicyclic) bond motifs is 3. The number of H-pyrrole nitrogens is 1. The molecule has 3 aromatic rings. The van der Waals surface area contributed by atoms with Crippen molar-refractivity contribution in [2.24, 2.45) is 0 Å². The van der Waals surface area contributed by atoms with Crippen LogP contribution in [0.15, 0.2) is 41.3 Å². The van der Waals surface area contributed by atoms with Gasteiger partial charge >= 0.3 is 0 Å². The molecule has 0 saturated heterocycles. The summed E-state index contributed by atoms with van der Waals surface area (Å²) in [7, 11) is -3.68. The largest absolute Gasteiger partial charge is 0.358 e. The number of aryl methyl sites for hydroxylation is 1. The molecule has 1 aliphatic heterocycles. The SMILES string of the molecule is Cc1cc(F)ccc1S(=O)(=O)N1CCc2[nH]c3cc(Cl)ccc3c2C1. The Balaban J connectivity index is 1.75. The molecular formula is C18H16ClFN2O2S. The van der Waals surface area contributed by atoms with Crippen molar-refractivity contribution in [1.82, 2.24) is 9.29 Å². The van der Waals surface area contributed by atoms with Gasteiger partial charge in [-0.1, -0.05) is 17.7 Å². The van der Waals surface area contributed by atoms with Gasteiger partial charge in [-0.3, -0.25) is 0 Å². The zero-order valence-corrected chi connectivity index (χ0v) is 15.1. The van der Waals surface area contributed by atoms with Gasteiger partial charge in [-0.15, -0.1) is 0 Å². The molecule has 2 heterocycles. The number of nitrogens with one attached hydrogen (secondary N) is 1. The van der Waals surface area contributed by atoms with Crippen molar-refractivity contribution >= 4 is 32.5 Å². The molecule has 0 bridgehead atoms. The second-order valence-corrected chi connectivity index (χ2v) is 8.61. The smallest absolute Gasteiger partial charge is 0.243 e. The monoisotopic (exact) mass is 378 g/mol. The first kappa shape index (κ1) is 16.6. The van der Waals surface area contributed by atoms with E-state index in [4.69, 9.17) is 11.6 Å². The Kier molecular flexibility index (Phi) is 3.86. The van der Waals surface area contributed by atoms with Gasteiger partial charge in [0.25, 0.3) is 0 Å². The van der Waals surface area contributed by atoms with E-state index < -0.39 is 15.8 Å². The normalized spacial score (nSPS) is 15.5. The van der Waals surface area contributed by atoms with E-state index in [-0.39, 0.29) is 11.4 Å². The van der Waals surface area contributed by atoms with Crippen LogP contribution in [0.3, 0.4) is 0 Å². The van der Waals surface area contributed by atoms with Crippen molar-refractivity contribution in [3.63, 3.8) is 0 Å². The molecule has 25 heavy (non-hydrogen) atoms. The highest BCUT2D eigenvalue weighted by Crippen LogP contribution is 2.32. The molecule has 7 heteroatoms. The van der Waals surface area contributed by atoms with E-state index in [1.54, 1.807) is 13.0 Å². The summed E-state index contributed by atoms with van der Waals surface area (Å²) in [5.74, 6) is -0.439. The number of rotatable bonds is 2. The van der Waals surface area contributed by atoms with Crippen LogP contribution >= 0.6 is 11.6 Å². The predicted molar refractivity (Wildman–Crippen MR) is 95.7 cm³/mol. The fourth-order valence-corrected chi connectivity index (χ4v) is 5.20. The maximum atomic E-state index is 13.3. The number of benzene rings is 2. The second-order valence-electron chi connectivity index (χ2n) is 6.27. The number of hydrogen-bond donors (Lipinski definition) is 1. The highest BCUT2D eigenvalue weighted by molar-refractivity contribution is 7.89. The Bertz CT molecular complexity index is 1090. The first-order valence-corrected chi connectivity index (χ1v) is 9.73. The molecule has 1 N–H and O–H groups in total. The third kappa shape index (κ3) is 2.74. The molecular weight excluding hydrogens is 363 g/mol. The summed E-state index contributed by atoms with van der Waals surface area (Å²) in [6.07, 6.45) is 0.598. The first-order chi connectivity index (χ1) is 11.9. The van der Waals surface area contributed by atoms with Crippen molar-refractivity contribution in [1.29, 1.82) is 0 Å². The van der Waals surface area contributed by atoms with Gasteiger partial charge in [0.15, 0.2) is 0 Å². The zero-order valence-electron chi connectivity index (χ0n) is 13.5. The van der Waals surface area contributed by atoms with Crippen LogP contribution in [0, 0.1) is 12.7 Å². The molecule has 0 radical (unpaired) electrons. The molecule has 1 aromatic heterocycles. The van der Waals surface area contributed by atoms with Crippen LogP contribution in [0.4, 0.5) is 4.39 Å². The highest BCUT2D eigenvalue weighted by Gasteiger charge is 2.31. The Morgan fingerprint density at radius 3 is 2.76 bits per heavy atom. The Morgan fingerprint density at radius 2 is 2.00 bits per heavy atom. The van der Waals surface area contributed by atoms with Crippen molar-refractivity contribution in [3.05, 3.63) is 64.1 Å². The predicted octanol–water partition coefficient (Wildman–Crippen LogP) is 4.02. The first-order valence-electron chi connectivity index (χ1n) is 7.91. The fraction of sp³-hybridized carbons (Fsp3) is 0.222. The minimum atomic E-state index is -3.68. The third-order valence-electron chi connectivity index (χ3n) is 4.66. The summed E-state index contributed by atoms with van der Waals surface area (Å²) >= 11 is 6.04. The van der Waals surface area contributed by atoms with Gasteiger partial charge in [-0.2, -0.15) is 4.31 Å². The molecule has 0 aliphatic carbocycles. The maximum absolute atomic E-state index is 13.3. The highest BCUT2D eigenvalue weighted by atomic mass is 35.5. The Hall–Kier alpha value is -1.89. The summed E-state index contributed by atoms with van der Waals surface area (Å²) in [5, 5.41) is 1.62. The molecule has 4 nitrogen and oxygen atoms in total. The lowest BCUT2D eigenvalue weighted by atomic mass is 10.1. The maximum Gasteiger partial charge on any atom is 0.243 e. The van der Waals surface area contributed by atoms with Gasteiger partial charge in [-0.05, 0) is 48.4 Å². The summed E-state index contributed by atoms with van der Waals surface area (Å²) in [6.45, 7) is 2.28. The third-order valence-corrected chi connectivity index (χ3v) is 6.90. The zero-order chi connectivity index (χ0) is 17.8. The van der Waals surface area contributed by atoms with Crippen molar-refractivity contribution < 1.29 is 12.8 Å². The van der Waals surface area contributed by atoms with Crippen LogP contribution in [-0.2, 0) is 23.0 Å². The van der Waals surface area contributed by atoms with E-state index in [9.17, 15) is 12.8 Å². The van der Waals surface area contributed by atoms with E-state index in [0.717, 1.165) is 22.2 Å². The molecule has 0 saturated carbocycles. The number of nitrogens with zero attached hydrogens (tertiary/aromatic N) is 1. The van der Waals surface area contributed by atoms with Gasteiger partial charge in [0, 0.05) is 41.1 Å².